The molecule has 0 bridgehead atoms. The van der Waals surface area contributed by atoms with E-state index in [9.17, 15) is 9.59 Å². The molecule has 1 N–H and O–H groups in total. The number of carbonyl (C=O) groups is 2. The zero-order chi connectivity index (χ0) is 20.1. The maximum Gasteiger partial charge on any atom is 0.251 e. The molecule has 2 aromatic rings. The molecule has 28 heavy (non-hydrogen) atoms. The minimum Gasteiger partial charge on any atom is -0.347 e. The van der Waals surface area contributed by atoms with E-state index in [1.807, 2.05) is 19.0 Å². The Morgan fingerprint density at radius 3 is 2.25 bits per heavy atom. The number of ketones is 1. The van der Waals surface area contributed by atoms with E-state index in [0.29, 0.717) is 28.8 Å². The van der Waals surface area contributed by atoms with Gasteiger partial charge < -0.3 is 15.1 Å². The van der Waals surface area contributed by atoms with Crippen LogP contribution in [0.15, 0.2) is 24.3 Å². The summed E-state index contributed by atoms with van der Waals surface area (Å²) in [5.41, 5.74) is 1.07. The Balaban J connectivity index is 1.72. The van der Waals surface area contributed by atoms with Crippen molar-refractivity contribution < 1.29 is 9.59 Å². The van der Waals surface area contributed by atoms with Gasteiger partial charge in [0.25, 0.3) is 5.91 Å². The maximum absolute atomic E-state index is 12.4. The third-order valence-electron chi connectivity index (χ3n) is 4.66. The summed E-state index contributed by atoms with van der Waals surface area (Å²) >= 11 is 0. The molecule has 1 fully saturated rings. The number of nitrogens with one attached hydrogen (secondary N) is 1. The third-order valence-corrected chi connectivity index (χ3v) is 4.66. The van der Waals surface area contributed by atoms with Gasteiger partial charge >= 0.3 is 0 Å². The largest absolute Gasteiger partial charge is 0.347 e. The number of piperidine rings is 1. The summed E-state index contributed by atoms with van der Waals surface area (Å²) in [5, 5.41) is 2.85. The predicted molar refractivity (Wildman–Crippen MR) is 108 cm³/mol. The molecule has 2 heterocycles. The van der Waals surface area contributed by atoms with Crippen LogP contribution < -0.4 is 15.1 Å². The predicted octanol–water partition coefficient (Wildman–Crippen LogP) is 2.06. The van der Waals surface area contributed by atoms with Crippen molar-refractivity contribution >= 4 is 23.6 Å². The second-order valence-electron chi connectivity index (χ2n) is 7.11. The van der Waals surface area contributed by atoms with Crippen LogP contribution in [0, 0.1) is 0 Å². The van der Waals surface area contributed by atoms with Gasteiger partial charge in [-0.1, -0.05) is 12.1 Å². The summed E-state index contributed by atoms with van der Waals surface area (Å²) in [6, 6.07) is 6.59. The van der Waals surface area contributed by atoms with Crippen LogP contribution >= 0.6 is 0 Å². The molecule has 0 aliphatic carbocycles. The number of anilines is 2. The Morgan fingerprint density at radius 2 is 1.64 bits per heavy atom. The lowest BCUT2D eigenvalue weighted by Gasteiger charge is -2.27. The standard InChI is InChI=1S/C20H26N6O2/c1-14(27)15-7-9-16(10-8-15)18(28)21-13-17-22-19(25(2)3)24-20(23-17)26-11-5-4-6-12-26/h7-10H,4-6,11-13H2,1-3H3,(H,21,28). The molecule has 148 valence electrons. The zero-order valence-electron chi connectivity index (χ0n) is 16.6. The van der Waals surface area contributed by atoms with Crippen molar-refractivity contribution in [2.75, 3.05) is 37.0 Å². The normalized spacial score (nSPS) is 13.9. The van der Waals surface area contributed by atoms with Gasteiger partial charge in [0.1, 0.15) is 0 Å². The Kier molecular flexibility index (Phi) is 6.18. The lowest BCUT2D eigenvalue weighted by molar-refractivity contribution is 0.0947. The molecule has 1 aliphatic rings. The molecule has 0 saturated carbocycles. The van der Waals surface area contributed by atoms with Crippen molar-refractivity contribution in [1.82, 2.24) is 20.3 Å². The van der Waals surface area contributed by atoms with Crippen molar-refractivity contribution in [2.24, 2.45) is 0 Å². The Bertz CT molecular complexity index is 844. The average molecular weight is 382 g/mol. The van der Waals surface area contributed by atoms with Gasteiger partial charge in [-0.15, -0.1) is 0 Å². The topological polar surface area (TPSA) is 91.3 Å². The lowest BCUT2D eigenvalue weighted by Crippen LogP contribution is -2.32. The monoisotopic (exact) mass is 382 g/mol. The maximum atomic E-state index is 12.4. The lowest BCUT2D eigenvalue weighted by atomic mass is 10.1. The van der Waals surface area contributed by atoms with Crippen LogP contribution in [0.3, 0.4) is 0 Å². The molecule has 1 aromatic carbocycles. The highest BCUT2D eigenvalue weighted by molar-refractivity contribution is 5.97. The molecule has 1 aromatic heterocycles. The van der Waals surface area contributed by atoms with Crippen molar-refractivity contribution in [1.29, 1.82) is 0 Å². The molecule has 1 aliphatic heterocycles. The fourth-order valence-corrected chi connectivity index (χ4v) is 3.03. The van der Waals surface area contributed by atoms with Crippen molar-refractivity contribution in [2.45, 2.75) is 32.7 Å². The average Bonchev–Trinajstić information content (AvgIpc) is 2.72. The minimum absolute atomic E-state index is 0.0291. The van der Waals surface area contributed by atoms with Crippen LogP contribution in [0.5, 0.6) is 0 Å². The molecule has 8 nitrogen and oxygen atoms in total. The second kappa shape index (κ2) is 8.77. The number of amides is 1. The first-order valence-electron chi connectivity index (χ1n) is 9.50. The van der Waals surface area contributed by atoms with E-state index < -0.39 is 0 Å². The number of rotatable bonds is 6. The zero-order valence-corrected chi connectivity index (χ0v) is 16.6. The third kappa shape index (κ3) is 4.82. The molecule has 1 amide bonds. The molecule has 0 radical (unpaired) electrons. The second-order valence-corrected chi connectivity index (χ2v) is 7.11. The number of Topliss-reactive ketones (excluding diaryl/α,β-unsaturated/α-hetero) is 1. The van der Waals surface area contributed by atoms with E-state index in [1.165, 1.54) is 13.3 Å². The van der Waals surface area contributed by atoms with Crippen LogP contribution in [0.4, 0.5) is 11.9 Å². The highest BCUT2D eigenvalue weighted by atomic mass is 16.1. The van der Waals surface area contributed by atoms with Gasteiger partial charge in [-0.05, 0) is 38.3 Å². The molecule has 0 atom stereocenters. The van der Waals surface area contributed by atoms with Crippen LogP contribution in [0.25, 0.3) is 0 Å². The van der Waals surface area contributed by atoms with E-state index in [0.717, 1.165) is 25.9 Å². The summed E-state index contributed by atoms with van der Waals surface area (Å²) in [6.07, 6.45) is 3.49. The summed E-state index contributed by atoms with van der Waals surface area (Å²) in [6.45, 7) is 3.58. The Morgan fingerprint density at radius 1 is 1.00 bits per heavy atom. The van der Waals surface area contributed by atoms with Crippen LogP contribution in [0.1, 0.15) is 52.7 Å². The van der Waals surface area contributed by atoms with E-state index >= 15 is 0 Å². The first-order valence-corrected chi connectivity index (χ1v) is 9.50. The van der Waals surface area contributed by atoms with Gasteiger partial charge in [-0.2, -0.15) is 15.0 Å². The fourth-order valence-electron chi connectivity index (χ4n) is 3.03. The van der Waals surface area contributed by atoms with Crippen LogP contribution in [0.2, 0.25) is 0 Å². The Labute approximate surface area is 165 Å². The highest BCUT2D eigenvalue weighted by Crippen LogP contribution is 2.18. The Hall–Kier alpha value is -3.03. The van der Waals surface area contributed by atoms with E-state index in [1.54, 1.807) is 24.3 Å². The molecule has 0 spiro atoms. The van der Waals surface area contributed by atoms with Gasteiger partial charge in [0.05, 0.1) is 6.54 Å². The van der Waals surface area contributed by atoms with E-state index in [-0.39, 0.29) is 18.2 Å². The SMILES string of the molecule is CC(=O)c1ccc(C(=O)NCc2nc(N(C)C)nc(N3CCCCC3)n2)cc1. The number of benzene rings is 1. The number of hydrogen-bond donors (Lipinski definition) is 1. The van der Waals surface area contributed by atoms with Gasteiger partial charge in [0.15, 0.2) is 11.6 Å². The number of nitrogens with zero attached hydrogens (tertiary/aromatic N) is 5. The van der Waals surface area contributed by atoms with Crippen molar-refractivity contribution in [3.63, 3.8) is 0 Å². The molecule has 3 rings (SSSR count). The van der Waals surface area contributed by atoms with Gasteiger partial charge in [0.2, 0.25) is 11.9 Å². The quantitative estimate of drug-likeness (QED) is 0.765. The van der Waals surface area contributed by atoms with Gasteiger partial charge in [-0.3, -0.25) is 9.59 Å². The molecular formula is C20H26N6O2. The minimum atomic E-state index is -0.235. The molecule has 8 heteroatoms. The summed E-state index contributed by atoms with van der Waals surface area (Å²) in [4.78, 5) is 41.3. The van der Waals surface area contributed by atoms with Crippen LogP contribution in [-0.2, 0) is 6.54 Å². The molecular weight excluding hydrogens is 356 g/mol. The van der Waals surface area contributed by atoms with E-state index in [2.05, 4.69) is 25.2 Å². The van der Waals surface area contributed by atoms with E-state index in [4.69, 9.17) is 0 Å². The van der Waals surface area contributed by atoms with Gasteiger partial charge in [0, 0.05) is 38.3 Å². The smallest absolute Gasteiger partial charge is 0.251 e. The fraction of sp³-hybridized carbons (Fsp3) is 0.450. The first kappa shape index (κ1) is 19.7. The summed E-state index contributed by atoms with van der Waals surface area (Å²) in [7, 11) is 3.77. The molecule has 1 saturated heterocycles. The highest BCUT2D eigenvalue weighted by Gasteiger charge is 2.17. The van der Waals surface area contributed by atoms with Gasteiger partial charge in [-0.25, -0.2) is 0 Å². The number of carbonyl (C=O) groups excluding carboxylic acids is 2. The summed E-state index contributed by atoms with van der Waals surface area (Å²) in [5.74, 6) is 1.49. The number of aromatic nitrogens is 3. The molecule has 0 unspecified atom stereocenters. The van der Waals surface area contributed by atoms with Crippen molar-refractivity contribution in [3.8, 4) is 0 Å². The number of hydrogen-bond acceptors (Lipinski definition) is 7. The van der Waals surface area contributed by atoms with Crippen LogP contribution in [-0.4, -0.2) is 53.8 Å². The van der Waals surface area contributed by atoms with Crippen molar-refractivity contribution in [3.05, 3.63) is 41.2 Å². The first-order chi connectivity index (χ1) is 13.4. The summed E-state index contributed by atoms with van der Waals surface area (Å²) < 4.78 is 0.